The molecule has 4 rings (SSSR count). The van der Waals surface area contributed by atoms with Crippen LogP contribution in [0.2, 0.25) is 5.02 Å². The zero-order chi connectivity index (χ0) is 22.5. The highest BCUT2D eigenvalue weighted by Crippen LogP contribution is 2.20. The summed E-state index contributed by atoms with van der Waals surface area (Å²) in [6.07, 6.45) is 1.48. The smallest absolute Gasteiger partial charge is 0.289 e. The van der Waals surface area contributed by atoms with E-state index in [0.717, 1.165) is 0 Å². The third-order valence-electron chi connectivity index (χ3n) is 5.08. The van der Waals surface area contributed by atoms with Crippen LogP contribution in [0.25, 0.3) is 0 Å². The molecule has 2 amide bonds. The SMILES string of the molecule is Cn1c(COc2ccc(Cl)cc2)nnc1SCC(=O)N1CCN(C(=O)c2ccco2)CC1. The molecule has 0 unspecified atom stereocenters. The molecule has 3 heterocycles. The van der Waals surface area contributed by atoms with Crippen LogP contribution in [0.15, 0.2) is 52.2 Å². The first-order valence-electron chi connectivity index (χ1n) is 10.0. The number of carbonyl (C=O) groups is 2. The Hall–Kier alpha value is -2.98. The number of nitrogens with zero attached hydrogens (tertiary/aromatic N) is 5. The Balaban J connectivity index is 1.24. The largest absolute Gasteiger partial charge is 0.486 e. The number of ether oxygens (including phenoxy) is 1. The summed E-state index contributed by atoms with van der Waals surface area (Å²) in [4.78, 5) is 28.4. The van der Waals surface area contributed by atoms with Crippen molar-refractivity contribution in [1.29, 1.82) is 0 Å². The minimum atomic E-state index is -0.149. The average Bonchev–Trinajstić information content (AvgIpc) is 3.47. The maximum absolute atomic E-state index is 12.6. The van der Waals surface area contributed by atoms with Crippen LogP contribution in [-0.2, 0) is 18.4 Å². The van der Waals surface area contributed by atoms with E-state index in [9.17, 15) is 9.59 Å². The number of benzene rings is 1. The standard InChI is InChI=1S/C21H22ClN5O4S/c1-25-18(13-31-16-6-4-15(22)5-7-16)23-24-21(25)32-14-19(28)26-8-10-27(11-9-26)20(29)17-3-2-12-30-17/h2-7,12H,8-11,13-14H2,1H3. The first-order valence-corrected chi connectivity index (χ1v) is 11.4. The molecule has 3 aromatic rings. The number of piperazine rings is 1. The molecule has 168 valence electrons. The lowest BCUT2D eigenvalue weighted by molar-refractivity contribution is -0.129. The molecule has 0 spiro atoms. The van der Waals surface area contributed by atoms with Gasteiger partial charge in [-0.3, -0.25) is 9.59 Å². The molecule has 0 atom stereocenters. The Bertz CT molecular complexity index is 1060. The molecule has 11 heteroatoms. The maximum Gasteiger partial charge on any atom is 0.289 e. The van der Waals surface area contributed by atoms with Gasteiger partial charge in [-0.15, -0.1) is 10.2 Å². The van der Waals surface area contributed by atoms with Crippen LogP contribution in [0.3, 0.4) is 0 Å². The minimum Gasteiger partial charge on any atom is -0.486 e. The second-order valence-electron chi connectivity index (χ2n) is 7.14. The van der Waals surface area contributed by atoms with Crippen molar-refractivity contribution in [1.82, 2.24) is 24.6 Å². The predicted molar refractivity (Wildman–Crippen MR) is 119 cm³/mol. The summed E-state index contributed by atoms with van der Waals surface area (Å²) in [7, 11) is 1.84. The van der Waals surface area contributed by atoms with Gasteiger partial charge in [0.25, 0.3) is 5.91 Å². The van der Waals surface area contributed by atoms with Crippen molar-refractivity contribution in [2.45, 2.75) is 11.8 Å². The monoisotopic (exact) mass is 475 g/mol. The fraction of sp³-hybridized carbons (Fsp3) is 0.333. The lowest BCUT2D eigenvalue weighted by Gasteiger charge is -2.34. The Labute approximate surface area is 194 Å². The lowest BCUT2D eigenvalue weighted by atomic mass is 10.3. The van der Waals surface area contributed by atoms with Crippen LogP contribution in [0.1, 0.15) is 16.4 Å². The Morgan fingerprint density at radius 2 is 1.81 bits per heavy atom. The molecule has 0 aliphatic carbocycles. The van der Waals surface area contributed by atoms with Gasteiger partial charge in [-0.1, -0.05) is 23.4 Å². The summed E-state index contributed by atoms with van der Waals surface area (Å²) in [6, 6.07) is 10.4. The molecule has 2 aromatic heterocycles. The van der Waals surface area contributed by atoms with E-state index in [1.165, 1.54) is 18.0 Å². The fourth-order valence-electron chi connectivity index (χ4n) is 3.21. The van der Waals surface area contributed by atoms with Gasteiger partial charge >= 0.3 is 0 Å². The van der Waals surface area contributed by atoms with Crippen molar-refractivity contribution in [2.24, 2.45) is 7.05 Å². The molecule has 32 heavy (non-hydrogen) atoms. The summed E-state index contributed by atoms with van der Waals surface area (Å²) in [6.45, 7) is 2.19. The van der Waals surface area contributed by atoms with E-state index < -0.39 is 0 Å². The van der Waals surface area contributed by atoms with E-state index in [-0.39, 0.29) is 24.2 Å². The normalized spacial score (nSPS) is 13.9. The first kappa shape index (κ1) is 22.2. The number of halogens is 1. The second-order valence-corrected chi connectivity index (χ2v) is 8.52. The number of thioether (sulfide) groups is 1. The van der Waals surface area contributed by atoms with Crippen molar-refractivity contribution < 1.29 is 18.7 Å². The Morgan fingerprint density at radius 1 is 1.09 bits per heavy atom. The van der Waals surface area contributed by atoms with Gasteiger partial charge in [0.1, 0.15) is 12.4 Å². The third-order valence-corrected chi connectivity index (χ3v) is 6.34. The molecule has 1 aromatic carbocycles. The molecular formula is C21H22ClN5O4S. The van der Waals surface area contributed by atoms with Crippen molar-refractivity contribution in [3.8, 4) is 5.75 Å². The molecule has 0 N–H and O–H groups in total. The zero-order valence-electron chi connectivity index (χ0n) is 17.4. The van der Waals surface area contributed by atoms with E-state index in [1.54, 1.807) is 46.2 Å². The maximum atomic E-state index is 12.6. The topological polar surface area (TPSA) is 93.7 Å². The highest BCUT2D eigenvalue weighted by molar-refractivity contribution is 7.99. The van der Waals surface area contributed by atoms with Crippen LogP contribution in [0.4, 0.5) is 0 Å². The number of rotatable bonds is 7. The molecule has 1 aliphatic rings. The Kier molecular flexibility index (Phi) is 7.01. The van der Waals surface area contributed by atoms with Gasteiger partial charge in [-0.25, -0.2) is 0 Å². The second kappa shape index (κ2) is 10.1. The van der Waals surface area contributed by atoms with Gasteiger partial charge < -0.3 is 23.5 Å². The molecule has 0 bridgehead atoms. The van der Waals surface area contributed by atoms with Gasteiger partial charge in [0.05, 0.1) is 12.0 Å². The predicted octanol–water partition coefficient (Wildman–Crippen LogP) is 2.72. The van der Waals surface area contributed by atoms with E-state index in [0.29, 0.717) is 53.7 Å². The summed E-state index contributed by atoms with van der Waals surface area (Å²) >= 11 is 7.21. The van der Waals surface area contributed by atoms with E-state index in [1.807, 2.05) is 11.6 Å². The summed E-state index contributed by atoms with van der Waals surface area (Å²) in [5, 5.41) is 9.60. The van der Waals surface area contributed by atoms with Crippen LogP contribution in [0.5, 0.6) is 5.75 Å². The number of aromatic nitrogens is 3. The fourth-order valence-corrected chi connectivity index (χ4v) is 4.17. The highest BCUT2D eigenvalue weighted by Gasteiger charge is 2.26. The lowest BCUT2D eigenvalue weighted by Crippen LogP contribution is -2.51. The van der Waals surface area contributed by atoms with Crippen LogP contribution < -0.4 is 4.74 Å². The number of hydrogen-bond acceptors (Lipinski definition) is 7. The van der Waals surface area contributed by atoms with Crippen LogP contribution in [0, 0.1) is 0 Å². The highest BCUT2D eigenvalue weighted by atomic mass is 35.5. The molecule has 9 nitrogen and oxygen atoms in total. The Morgan fingerprint density at radius 3 is 2.50 bits per heavy atom. The van der Waals surface area contributed by atoms with Crippen molar-refractivity contribution in [3.63, 3.8) is 0 Å². The van der Waals surface area contributed by atoms with Crippen molar-refractivity contribution in [3.05, 3.63) is 59.3 Å². The van der Waals surface area contributed by atoms with E-state index in [2.05, 4.69) is 10.2 Å². The minimum absolute atomic E-state index is 0.00191. The van der Waals surface area contributed by atoms with E-state index in [4.69, 9.17) is 20.8 Å². The molecule has 0 saturated carbocycles. The quantitative estimate of drug-likeness (QED) is 0.485. The number of furan rings is 1. The number of amides is 2. The van der Waals surface area contributed by atoms with Crippen LogP contribution in [-0.4, -0.2) is 68.3 Å². The van der Waals surface area contributed by atoms with Crippen LogP contribution >= 0.6 is 23.4 Å². The summed E-state index contributed by atoms with van der Waals surface area (Å²) in [5.41, 5.74) is 0. The van der Waals surface area contributed by atoms with Gasteiger partial charge in [0.15, 0.2) is 16.7 Å². The number of hydrogen-bond donors (Lipinski definition) is 0. The number of carbonyl (C=O) groups excluding carboxylic acids is 2. The molecule has 1 fully saturated rings. The van der Waals surface area contributed by atoms with Crippen molar-refractivity contribution >= 4 is 35.2 Å². The van der Waals surface area contributed by atoms with E-state index >= 15 is 0 Å². The average molecular weight is 476 g/mol. The molecular weight excluding hydrogens is 454 g/mol. The third kappa shape index (κ3) is 5.25. The first-order chi connectivity index (χ1) is 15.5. The van der Waals surface area contributed by atoms with Gasteiger partial charge in [-0.2, -0.15) is 0 Å². The van der Waals surface area contributed by atoms with Gasteiger partial charge in [0, 0.05) is 38.2 Å². The summed E-state index contributed by atoms with van der Waals surface area (Å²) < 4.78 is 12.7. The zero-order valence-corrected chi connectivity index (χ0v) is 19.0. The summed E-state index contributed by atoms with van der Waals surface area (Å²) in [5.74, 6) is 1.76. The molecule has 1 saturated heterocycles. The van der Waals surface area contributed by atoms with Crippen molar-refractivity contribution in [2.75, 3.05) is 31.9 Å². The van der Waals surface area contributed by atoms with Gasteiger partial charge in [-0.05, 0) is 36.4 Å². The molecule has 1 aliphatic heterocycles. The van der Waals surface area contributed by atoms with Gasteiger partial charge in [0.2, 0.25) is 5.91 Å². The molecule has 0 radical (unpaired) electrons.